The number of carbonyl (C=O) groups excluding carboxylic acids is 1. The largest absolute Gasteiger partial charge is 0.362 e. The Labute approximate surface area is 108 Å². The molecule has 0 heterocycles. The van der Waals surface area contributed by atoms with Gasteiger partial charge in [0.05, 0.1) is 18.2 Å². The molecule has 0 aliphatic heterocycles. The lowest BCUT2D eigenvalue weighted by Gasteiger charge is -2.25. The fourth-order valence-electron chi connectivity index (χ4n) is 1.62. The second-order valence-electron chi connectivity index (χ2n) is 4.37. The van der Waals surface area contributed by atoms with Crippen molar-refractivity contribution in [2.75, 3.05) is 32.1 Å². The Morgan fingerprint density at radius 1 is 1.28 bits per heavy atom. The Morgan fingerprint density at radius 2 is 1.89 bits per heavy atom. The van der Waals surface area contributed by atoms with Crippen LogP contribution in [0.2, 0.25) is 0 Å². The number of benzene rings is 1. The highest BCUT2D eigenvalue weighted by atomic mass is 16.2. The van der Waals surface area contributed by atoms with Crippen molar-refractivity contribution in [2.24, 2.45) is 0 Å². The van der Waals surface area contributed by atoms with Gasteiger partial charge in [-0.05, 0) is 30.7 Å². The Kier molecular flexibility index (Phi) is 5.19. The predicted molar refractivity (Wildman–Crippen MR) is 72.4 cm³/mol. The zero-order valence-electron chi connectivity index (χ0n) is 11.2. The average Bonchev–Trinajstić information content (AvgIpc) is 2.38. The molecule has 1 rings (SSSR count). The van der Waals surface area contributed by atoms with Crippen LogP contribution in [0.1, 0.15) is 18.9 Å². The summed E-state index contributed by atoms with van der Waals surface area (Å²) in [6.07, 6.45) is 0.973. The van der Waals surface area contributed by atoms with Crippen molar-refractivity contribution in [3.05, 3.63) is 29.8 Å². The van der Waals surface area contributed by atoms with Crippen LogP contribution in [0.5, 0.6) is 0 Å². The molecule has 0 aliphatic carbocycles. The third-order valence-electron chi connectivity index (χ3n) is 2.68. The lowest BCUT2D eigenvalue weighted by Crippen LogP contribution is -2.37. The molecule has 0 unspecified atom stereocenters. The highest BCUT2D eigenvalue weighted by molar-refractivity contribution is 5.81. The SMILES string of the molecule is CCCN(CC(=O)N(C)C)c1ccc(C#N)cc1. The van der Waals surface area contributed by atoms with Crippen LogP contribution in [0.3, 0.4) is 0 Å². The number of carbonyl (C=O) groups is 1. The first-order valence-electron chi connectivity index (χ1n) is 6.03. The van der Waals surface area contributed by atoms with Gasteiger partial charge in [0.25, 0.3) is 0 Å². The van der Waals surface area contributed by atoms with Gasteiger partial charge in [0.2, 0.25) is 5.91 Å². The summed E-state index contributed by atoms with van der Waals surface area (Å²) in [5, 5.41) is 8.76. The normalized spacial score (nSPS) is 9.67. The number of hydrogen-bond acceptors (Lipinski definition) is 3. The van der Waals surface area contributed by atoms with Crippen LogP contribution in [0.4, 0.5) is 5.69 Å². The Bertz CT molecular complexity index is 431. The number of likely N-dealkylation sites (N-methyl/N-ethyl adjacent to an activating group) is 1. The predicted octanol–water partition coefficient (Wildman–Crippen LogP) is 1.86. The fourth-order valence-corrected chi connectivity index (χ4v) is 1.62. The molecule has 0 saturated heterocycles. The van der Waals surface area contributed by atoms with Gasteiger partial charge in [-0.1, -0.05) is 6.92 Å². The molecule has 1 aromatic carbocycles. The van der Waals surface area contributed by atoms with Crippen molar-refractivity contribution in [3.8, 4) is 6.07 Å². The number of hydrogen-bond donors (Lipinski definition) is 0. The molecule has 0 spiro atoms. The minimum atomic E-state index is 0.0767. The van der Waals surface area contributed by atoms with Gasteiger partial charge in [0, 0.05) is 26.3 Å². The molecular formula is C14H19N3O. The summed E-state index contributed by atoms with van der Waals surface area (Å²) in [7, 11) is 3.51. The molecule has 4 nitrogen and oxygen atoms in total. The van der Waals surface area contributed by atoms with Crippen LogP contribution < -0.4 is 4.90 Å². The highest BCUT2D eigenvalue weighted by Gasteiger charge is 2.12. The standard InChI is InChI=1S/C14H19N3O/c1-4-9-17(11-14(18)16(2)3)13-7-5-12(10-15)6-8-13/h5-8H,4,9,11H2,1-3H3. The van der Waals surface area contributed by atoms with E-state index in [-0.39, 0.29) is 5.91 Å². The van der Waals surface area contributed by atoms with Gasteiger partial charge in [-0.15, -0.1) is 0 Å². The summed E-state index contributed by atoms with van der Waals surface area (Å²) in [4.78, 5) is 15.4. The molecule has 96 valence electrons. The van der Waals surface area contributed by atoms with E-state index in [1.54, 1.807) is 31.1 Å². The minimum Gasteiger partial charge on any atom is -0.362 e. The molecule has 1 aromatic rings. The fraction of sp³-hybridized carbons (Fsp3) is 0.429. The van der Waals surface area contributed by atoms with Crippen molar-refractivity contribution in [1.29, 1.82) is 5.26 Å². The third kappa shape index (κ3) is 3.77. The van der Waals surface area contributed by atoms with Crippen LogP contribution in [0.25, 0.3) is 0 Å². The molecular weight excluding hydrogens is 226 g/mol. The molecule has 18 heavy (non-hydrogen) atoms. The van der Waals surface area contributed by atoms with Crippen LogP contribution in [-0.2, 0) is 4.79 Å². The molecule has 0 radical (unpaired) electrons. The lowest BCUT2D eigenvalue weighted by atomic mass is 10.2. The van der Waals surface area contributed by atoms with Crippen LogP contribution in [-0.4, -0.2) is 38.0 Å². The van der Waals surface area contributed by atoms with E-state index in [4.69, 9.17) is 5.26 Å². The number of rotatable bonds is 5. The Balaban J connectivity index is 2.83. The van der Waals surface area contributed by atoms with E-state index in [2.05, 4.69) is 13.0 Å². The highest BCUT2D eigenvalue weighted by Crippen LogP contribution is 2.15. The first kappa shape index (κ1) is 14.0. The first-order chi connectivity index (χ1) is 8.58. The van der Waals surface area contributed by atoms with Crippen LogP contribution in [0, 0.1) is 11.3 Å². The molecule has 4 heteroatoms. The average molecular weight is 245 g/mol. The number of nitrogens with zero attached hydrogens (tertiary/aromatic N) is 3. The van der Waals surface area contributed by atoms with E-state index in [1.165, 1.54) is 0 Å². The molecule has 0 aromatic heterocycles. The monoisotopic (exact) mass is 245 g/mol. The maximum Gasteiger partial charge on any atom is 0.241 e. The van der Waals surface area contributed by atoms with Crippen LogP contribution >= 0.6 is 0 Å². The molecule has 1 amide bonds. The van der Waals surface area contributed by atoms with E-state index < -0.39 is 0 Å². The smallest absolute Gasteiger partial charge is 0.241 e. The molecule has 0 atom stereocenters. The molecule has 0 aliphatic rings. The summed E-state index contributed by atoms with van der Waals surface area (Å²) in [5.74, 6) is 0.0767. The van der Waals surface area contributed by atoms with Gasteiger partial charge in [-0.3, -0.25) is 4.79 Å². The Hall–Kier alpha value is -2.02. The van der Waals surface area contributed by atoms with Gasteiger partial charge in [0.15, 0.2) is 0 Å². The maximum atomic E-state index is 11.8. The molecule has 0 fully saturated rings. The summed E-state index contributed by atoms with van der Waals surface area (Å²) in [6.45, 7) is 3.27. The number of nitriles is 1. The van der Waals surface area contributed by atoms with Gasteiger partial charge in [-0.25, -0.2) is 0 Å². The summed E-state index contributed by atoms with van der Waals surface area (Å²) >= 11 is 0. The van der Waals surface area contributed by atoms with Crippen LogP contribution in [0.15, 0.2) is 24.3 Å². The Morgan fingerprint density at radius 3 is 2.33 bits per heavy atom. The number of amides is 1. The van der Waals surface area contributed by atoms with Crippen molar-refractivity contribution in [2.45, 2.75) is 13.3 Å². The van der Waals surface area contributed by atoms with E-state index >= 15 is 0 Å². The first-order valence-corrected chi connectivity index (χ1v) is 6.03. The topological polar surface area (TPSA) is 47.3 Å². The van der Waals surface area contributed by atoms with E-state index in [1.807, 2.05) is 17.0 Å². The maximum absolute atomic E-state index is 11.8. The summed E-state index contributed by atoms with van der Waals surface area (Å²) in [6, 6.07) is 9.41. The quantitative estimate of drug-likeness (QED) is 0.795. The van der Waals surface area contributed by atoms with Gasteiger partial charge in [0.1, 0.15) is 0 Å². The van der Waals surface area contributed by atoms with Crippen molar-refractivity contribution >= 4 is 11.6 Å². The number of anilines is 1. The minimum absolute atomic E-state index is 0.0767. The summed E-state index contributed by atoms with van der Waals surface area (Å²) < 4.78 is 0. The van der Waals surface area contributed by atoms with Crippen molar-refractivity contribution in [1.82, 2.24) is 4.90 Å². The molecule has 0 bridgehead atoms. The van der Waals surface area contributed by atoms with Crippen molar-refractivity contribution < 1.29 is 4.79 Å². The van der Waals surface area contributed by atoms with Crippen molar-refractivity contribution in [3.63, 3.8) is 0 Å². The molecule has 0 N–H and O–H groups in total. The summed E-state index contributed by atoms with van der Waals surface area (Å²) in [5.41, 5.74) is 1.61. The van der Waals surface area contributed by atoms with E-state index in [9.17, 15) is 4.79 Å². The van der Waals surface area contributed by atoms with Gasteiger partial charge in [-0.2, -0.15) is 5.26 Å². The second kappa shape index (κ2) is 6.65. The second-order valence-corrected chi connectivity index (χ2v) is 4.37. The lowest BCUT2D eigenvalue weighted by molar-refractivity contribution is -0.127. The van der Waals surface area contributed by atoms with E-state index in [0.717, 1.165) is 18.7 Å². The van der Waals surface area contributed by atoms with Gasteiger partial charge < -0.3 is 9.80 Å². The molecule has 0 saturated carbocycles. The zero-order valence-corrected chi connectivity index (χ0v) is 11.2. The van der Waals surface area contributed by atoms with E-state index in [0.29, 0.717) is 12.1 Å². The van der Waals surface area contributed by atoms with Gasteiger partial charge >= 0.3 is 0 Å². The zero-order chi connectivity index (χ0) is 13.5. The third-order valence-corrected chi connectivity index (χ3v) is 2.68.